The number of piperazine rings is 1. The van der Waals surface area contributed by atoms with Gasteiger partial charge in [0.25, 0.3) is 5.91 Å². The first-order valence-corrected chi connectivity index (χ1v) is 10.5. The van der Waals surface area contributed by atoms with Crippen LogP contribution >= 0.6 is 11.3 Å². The molecule has 1 fully saturated rings. The lowest BCUT2D eigenvalue weighted by atomic mass is 10.2. The van der Waals surface area contributed by atoms with Crippen molar-refractivity contribution < 1.29 is 23.2 Å². The maximum Gasteiger partial charge on any atom is 0.315 e. The number of aromatic nitrogens is 1. The quantitative estimate of drug-likeness (QED) is 0.630. The van der Waals surface area contributed by atoms with Crippen molar-refractivity contribution in [3.8, 4) is 11.3 Å². The van der Waals surface area contributed by atoms with Crippen LogP contribution in [0.1, 0.15) is 16.3 Å². The lowest BCUT2D eigenvalue weighted by molar-refractivity contribution is -0.144. The predicted molar refractivity (Wildman–Crippen MR) is 112 cm³/mol. The molecule has 0 spiro atoms. The largest absolute Gasteiger partial charge is 0.456 e. The molecule has 1 saturated heterocycles. The Bertz CT molecular complexity index is 1130. The number of carbonyl (C=O) groups excluding carboxylic acids is 3. The molecule has 160 valence electrons. The maximum absolute atomic E-state index is 13.9. The highest BCUT2D eigenvalue weighted by Gasteiger charge is 2.29. The molecule has 1 aliphatic heterocycles. The first-order chi connectivity index (χ1) is 14.9. The van der Waals surface area contributed by atoms with E-state index >= 15 is 0 Å². The molecule has 4 rings (SSSR count). The summed E-state index contributed by atoms with van der Waals surface area (Å²) in [5.41, 5.74) is 0.698. The Kier molecular flexibility index (Phi) is 5.81. The van der Waals surface area contributed by atoms with Gasteiger partial charge in [0, 0.05) is 37.1 Å². The van der Waals surface area contributed by atoms with Gasteiger partial charge in [0.2, 0.25) is 0 Å². The molecule has 3 aromatic rings. The number of thiazole rings is 1. The number of hydrogen-bond acceptors (Lipinski definition) is 6. The van der Waals surface area contributed by atoms with Crippen LogP contribution in [0, 0.1) is 12.7 Å². The topological polar surface area (TPSA) is 95.8 Å². The molecule has 3 heterocycles. The average Bonchev–Trinajstić information content (AvgIpc) is 3.42. The minimum absolute atomic E-state index is 0.207. The SMILES string of the molecule is Cc1ccc(C(=O)N2CCN(C(=O)C(=O)Nc3nc(-c4ccccc4F)cs3)CC2)o1. The second kappa shape index (κ2) is 8.68. The Labute approximate surface area is 181 Å². The Morgan fingerprint density at radius 2 is 1.77 bits per heavy atom. The van der Waals surface area contributed by atoms with Gasteiger partial charge in [0.15, 0.2) is 10.9 Å². The van der Waals surface area contributed by atoms with Gasteiger partial charge in [-0.15, -0.1) is 11.3 Å². The number of nitrogens with one attached hydrogen (secondary N) is 1. The lowest BCUT2D eigenvalue weighted by Crippen LogP contribution is -2.52. The number of aryl methyl sites for hydroxylation is 1. The standard InChI is InChI=1S/C21H19FN4O4S/c1-13-6-7-17(30-13)19(28)25-8-10-26(11-9-25)20(29)18(27)24-21-23-16(12-31-21)14-4-2-3-5-15(14)22/h2-7,12H,8-11H2,1H3,(H,23,24,27). The van der Waals surface area contributed by atoms with E-state index in [1.165, 1.54) is 11.0 Å². The van der Waals surface area contributed by atoms with Crippen LogP contribution in [-0.2, 0) is 9.59 Å². The maximum atomic E-state index is 13.9. The van der Waals surface area contributed by atoms with Crippen LogP contribution in [0.25, 0.3) is 11.3 Å². The van der Waals surface area contributed by atoms with Gasteiger partial charge in [-0.1, -0.05) is 12.1 Å². The van der Waals surface area contributed by atoms with Crippen molar-refractivity contribution in [2.75, 3.05) is 31.5 Å². The number of carbonyl (C=O) groups is 3. The summed E-state index contributed by atoms with van der Waals surface area (Å²) in [5.74, 6) is -1.29. The fourth-order valence-electron chi connectivity index (χ4n) is 3.24. The highest BCUT2D eigenvalue weighted by atomic mass is 32.1. The molecule has 8 nitrogen and oxygen atoms in total. The zero-order valence-electron chi connectivity index (χ0n) is 16.6. The van der Waals surface area contributed by atoms with Crippen molar-refractivity contribution in [2.24, 2.45) is 0 Å². The summed E-state index contributed by atoms with van der Waals surface area (Å²) >= 11 is 1.11. The second-order valence-corrected chi connectivity index (χ2v) is 7.82. The Hall–Kier alpha value is -3.53. The first-order valence-electron chi connectivity index (χ1n) is 9.59. The van der Waals surface area contributed by atoms with Crippen molar-refractivity contribution in [3.05, 3.63) is 59.1 Å². The van der Waals surface area contributed by atoms with E-state index in [0.717, 1.165) is 11.3 Å². The zero-order valence-corrected chi connectivity index (χ0v) is 17.4. The third-order valence-electron chi connectivity index (χ3n) is 4.87. The minimum Gasteiger partial charge on any atom is -0.456 e. The number of anilines is 1. The summed E-state index contributed by atoms with van der Waals surface area (Å²) in [6.07, 6.45) is 0. The van der Waals surface area contributed by atoms with E-state index in [1.807, 2.05) is 0 Å². The van der Waals surface area contributed by atoms with Crippen LogP contribution in [0.3, 0.4) is 0 Å². The molecule has 1 aromatic carbocycles. The summed E-state index contributed by atoms with van der Waals surface area (Å²) in [5, 5.41) is 4.29. The number of benzene rings is 1. The summed E-state index contributed by atoms with van der Waals surface area (Å²) in [6, 6.07) is 9.52. The number of amides is 3. The van der Waals surface area contributed by atoms with Crippen LogP contribution in [0.4, 0.5) is 9.52 Å². The summed E-state index contributed by atoms with van der Waals surface area (Å²) in [7, 11) is 0. The van der Waals surface area contributed by atoms with E-state index in [-0.39, 0.29) is 29.9 Å². The second-order valence-electron chi connectivity index (χ2n) is 6.97. The van der Waals surface area contributed by atoms with Crippen LogP contribution in [-0.4, -0.2) is 58.7 Å². The van der Waals surface area contributed by atoms with E-state index in [0.29, 0.717) is 30.1 Å². The average molecular weight is 442 g/mol. The van der Waals surface area contributed by atoms with Crippen molar-refractivity contribution in [1.82, 2.24) is 14.8 Å². The minimum atomic E-state index is -0.823. The molecular weight excluding hydrogens is 423 g/mol. The number of halogens is 1. The van der Waals surface area contributed by atoms with Crippen molar-refractivity contribution in [2.45, 2.75) is 6.92 Å². The monoisotopic (exact) mass is 442 g/mol. The summed E-state index contributed by atoms with van der Waals surface area (Å²) in [6.45, 7) is 2.82. The van der Waals surface area contributed by atoms with Gasteiger partial charge in [-0.3, -0.25) is 19.7 Å². The Balaban J connectivity index is 1.33. The zero-order chi connectivity index (χ0) is 22.0. The van der Waals surface area contributed by atoms with Gasteiger partial charge in [0.1, 0.15) is 11.6 Å². The van der Waals surface area contributed by atoms with Crippen molar-refractivity contribution in [3.63, 3.8) is 0 Å². The fraction of sp³-hybridized carbons (Fsp3) is 0.238. The smallest absolute Gasteiger partial charge is 0.315 e. The van der Waals surface area contributed by atoms with E-state index in [2.05, 4.69) is 10.3 Å². The van der Waals surface area contributed by atoms with Crippen LogP contribution in [0.15, 0.2) is 46.2 Å². The highest BCUT2D eigenvalue weighted by Crippen LogP contribution is 2.26. The Morgan fingerprint density at radius 3 is 2.45 bits per heavy atom. The normalized spacial score (nSPS) is 13.9. The van der Waals surface area contributed by atoms with Gasteiger partial charge in [0.05, 0.1) is 5.69 Å². The van der Waals surface area contributed by atoms with E-state index in [9.17, 15) is 18.8 Å². The number of nitrogens with zero attached hydrogens (tertiary/aromatic N) is 3. The molecule has 0 unspecified atom stereocenters. The summed E-state index contributed by atoms with van der Waals surface area (Å²) < 4.78 is 19.3. The van der Waals surface area contributed by atoms with Crippen LogP contribution < -0.4 is 5.32 Å². The van der Waals surface area contributed by atoms with E-state index < -0.39 is 17.6 Å². The number of furan rings is 1. The molecule has 0 aliphatic carbocycles. The summed E-state index contributed by atoms with van der Waals surface area (Å²) in [4.78, 5) is 44.4. The molecule has 1 aliphatic rings. The van der Waals surface area contributed by atoms with Crippen molar-refractivity contribution >= 4 is 34.2 Å². The molecule has 0 bridgehead atoms. The molecule has 10 heteroatoms. The molecule has 0 atom stereocenters. The van der Waals surface area contributed by atoms with Crippen LogP contribution in [0.5, 0.6) is 0 Å². The first kappa shape index (κ1) is 20.7. The van der Waals surface area contributed by atoms with Gasteiger partial charge in [-0.2, -0.15) is 0 Å². The molecule has 0 radical (unpaired) electrons. The molecule has 3 amide bonds. The van der Waals surface area contributed by atoms with Gasteiger partial charge in [-0.25, -0.2) is 9.37 Å². The fourth-order valence-corrected chi connectivity index (χ4v) is 3.94. The van der Waals surface area contributed by atoms with Gasteiger partial charge >= 0.3 is 11.8 Å². The molecule has 31 heavy (non-hydrogen) atoms. The third kappa shape index (κ3) is 4.48. The van der Waals surface area contributed by atoms with E-state index in [1.54, 1.807) is 47.5 Å². The van der Waals surface area contributed by atoms with Crippen molar-refractivity contribution in [1.29, 1.82) is 0 Å². The number of hydrogen-bond donors (Lipinski definition) is 1. The predicted octanol–water partition coefficient (Wildman–Crippen LogP) is 2.77. The molecule has 0 saturated carbocycles. The molecular formula is C21H19FN4O4S. The van der Waals surface area contributed by atoms with E-state index in [4.69, 9.17) is 4.42 Å². The molecule has 1 N–H and O–H groups in total. The van der Waals surface area contributed by atoms with Gasteiger partial charge in [-0.05, 0) is 31.2 Å². The third-order valence-corrected chi connectivity index (χ3v) is 5.63. The van der Waals surface area contributed by atoms with Gasteiger partial charge < -0.3 is 14.2 Å². The Morgan fingerprint density at radius 1 is 1.06 bits per heavy atom. The lowest BCUT2D eigenvalue weighted by Gasteiger charge is -2.33. The van der Waals surface area contributed by atoms with Crippen LogP contribution in [0.2, 0.25) is 0 Å². The highest BCUT2D eigenvalue weighted by molar-refractivity contribution is 7.14. The molecule has 2 aromatic heterocycles. The number of rotatable bonds is 3.